The van der Waals surface area contributed by atoms with Crippen molar-refractivity contribution in [2.75, 3.05) is 0 Å². The first-order valence-electron chi connectivity index (χ1n) is 10.9. The summed E-state index contributed by atoms with van der Waals surface area (Å²) in [5.41, 5.74) is 4.88. The van der Waals surface area contributed by atoms with Crippen LogP contribution in [0.4, 0.5) is 0 Å². The van der Waals surface area contributed by atoms with E-state index in [1.807, 2.05) is 6.20 Å². The molecule has 0 aliphatic carbocycles. The second kappa shape index (κ2) is 6.85. The third-order valence-electron chi connectivity index (χ3n) is 6.14. The zero-order valence-electron chi connectivity index (χ0n) is 18.8. The van der Waals surface area contributed by atoms with E-state index in [-0.39, 0.29) is 0 Å². The molecule has 1 aliphatic heterocycles. The van der Waals surface area contributed by atoms with Crippen molar-refractivity contribution >= 4 is 39.2 Å². The van der Waals surface area contributed by atoms with Crippen LogP contribution in [-0.2, 0) is 6.42 Å². The van der Waals surface area contributed by atoms with Crippen molar-refractivity contribution < 1.29 is 4.74 Å². The molecular formula is C27H29GeNO. The fourth-order valence-electron chi connectivity index (χ4n) is 5.17. The molecule has 4 aromatic rings. The van der Waals surface area contributed by atoms with Gasteiger partial charge in [-0.3, -0.25) is 0 Å². The quantitative estimate of drug-likeness (QED) is 0.268. The van der Waals surface area contributed by atoms with Crippen molar-refractivity contribution in [3.8, 4) is 22.8 Å². The molecule has 0 spiro atoms. The number of hydrogen-bond acceptors (Lipinski definition) is 2. The molecule has 0 radical (unpaired) electrons. The third-order valence-corrected chi connectivity index (χ3v) is 10.7. The molecule has 5 rings (SSSR count). The van der Waals surface area contributed by atoms with Gasteiger partial charge in [0.1, 0.15) is 0 Å². The Bertz CT molecular complexity index is 1310. The first-order chi connectivity index (χ1) is 14.3. The summed E-state index contributed by atoms with van der Waals surface area (Å²) in [5, 5.41) is 5.08. The Balaban J connectivity index is 1.91. The predicted octanol–water partition coefficient (Wildman–Crippen LogP) is 7.21. The molecule has 0 saturated heterocycles. The molecule has 1 aliphatic rings. The van der Waals surface area contributed by atoms with Gasteiger partial charge in [-0.15, -0.1) is 0 Å². The van der Waals surface area contributed by atoms with Gasteiger partial charge in [-0.25, -0.2) is 0 Å². The number of ether oxygens (including phenoxy) is 1. The van der Waals surface area contributed by atoms with Gasteiger partial charge in [0.15, 0.2) is 0 Å². The molecule has 0 fully saturated rings. The molecule has 0 atom stereocenters. The number of rotatable bonds is 3. The number of fused-ring (bicyclic) bond motifs is 3. The first-order valence-corrected chi connectivity index (χ1v) is 18.3. The first kappa shape index (κ1) is 19.6. The Labute approximate surface area is 181 Å². The molecule has 0 unspecified atom stereocenters. The van der Waals surface area contributed by atoms with Crippen LogP contribution in [0, 0.1) is 12.8 Å². The average molecular weight is 456 g/mol. The van der Waals surface area contributed by atoms with Gasteiger partial charge in [-0.1, -0.05) is 0 Å². The fraction of sp³-hybridized carbons (Fsp3) is 0.296. The van der Waals surface area contributed by atoms with Gasteiger partial charge < -0.3 is 0 Å². The van der Waals surface area contributed by atoms with Gasteiger partial charge in [0.25, 0.3) is 0 Å². The maximum atomic E-state index is 6.72. The summed E-state index contributed by atoms with van der Waals surface area (Å²) in [4.78, 5) is 4.90. The van der Waals surface area contributed by atoms with Crippen LogP contribution < -0.4 is 9.13 Å². The van der Waals surface area contributed by atoms with Crippen LogP contribution in [0.2, 0.25) is 17.3 Å². The van der Waals surface area contributed by atoms with Crippen LogP contribution in [-0.4, -0.2) is 18.3 Å². The van der Waals surface area contributed by atoms with Gasteiger partial charge in [-0.05, 0) is 0 Å². The van der Waals surface area contributed by atoms with Crippen LogP contribution in [0.5, 0.6) is 11.5 Å². The number of aromatic nitrogens is 1. The SMILES string of the molecule is Cc1cc2c3c(nccc3[c]1[Ge]([CH3])([CH3])[CH3])-c1cc3ccccc3c(CC(C)C)c1O2. The molecule has 152 valence electrons. The van der Waals surface area contributed by atoms with E-state index in [9.17, 15) is 0 Å². The van der Waals surface area contributed by atoms with E-state index >= 15 is 0 Å². The second-order valence-electron chi connectivity index (χ2n) is 10.1. The minimum absolute atomic E-state index is 0.548. The normalized spacial score (nSPS) is 13.0. The maximum absolute atomic E-state index is 6.72. The Kier molecular flexibility index (Phi) is 4.48. The number of hydrogen-bond donors (Lipinski definition) is 0. The number of pyridine rings is 1. The van der Waals surface area contributed by atoms with Gasteiger partial charge in [0, 0.05) is 0 Å². The molecule has 0 amide bonds. The Morgan fingerprint density at radius 2 is 1.77 bits per heavy atom. The second-order valence-corrected chi connectivity index (χ2v) is 20.5. The third kappa shape index (κ3) is 2.96. The van der Waals surface area contributed by atoms with E-state index in [0.29, 0.717) is 5.92 Å². The molecular weight excluding hydrogens is 427 g/mol. The van der Waals surface area contributed by atoms with E-state index in [1.165, 1.54) is 32.7 Å². The number of nitrogens with zero attached hydrogens (tertiary/aromatic N) is 1. The fourth-order valence-corrected chi connectivity index (χ4v) is 9.94. The molecule has 2 nitrogen and oxygen atoms in total. The molecule has 3 aromatic carbocycles. The molecule has 1 aromatic heterocycles. The standard InChI is InChI=1S/C27H29GeNO/c1-16(2)13-21-19-10-8-7-9-18(19)15-22-26-24-20(11-12-29-26)25(28(4,5)6)17(3)14-23(24)30-27(21)22/h7-12,14-16H,13H2,1-6H3. The molecule has 0 bridgehead atoms. The molecule has 0 saturated carbocycles. The van der Waals surface area contributed by atoms with E-state index in [2.05, 4.69) is 80.5 Å². The molecule has 30 heavy (non-hydrogen) atoms. The Hall–Kier alpha value is -2.33. The summed E-state index contributed by atoms with van der Waals surface area (Å²) in [5.74, 6) is 9.92. The Morgan fingerprint density at radius 1 is 1.00 bits per heavy atom. The zero-order chi connectivity index (χ0) is 21.2. The Morgan fingerprint density at radius 3 is 2.50 bits per heavy atom. The van der Waals surface area contributed by atoms with E-state index in [1.54, 1.807) is 4.40 Å². The summed E-state index contributed by atoms with van der Waals surface area (Å²) in [7, 11) is 0. The van der Waals surface area contributed by atoms with Crippen LogP contribution in [0.1, 0.15) is 25.0 Å². The van der Waals surface area contributed by atoms with Gasteiger partial charge in [-0.2, -0.15) is 0 Å². The molecule has 0 N–H and O–H groups in total. The van der Waals surface area contributed by atoms with Crippen molar-refractivity contribution in [2.24, 2.45) is 5.92 Å². The summed E-state index contributed by atoms with van der Waals surface area (Å²) in [6.07, 6.45) is 2.98. The van der Waals surface area contributed by atoms with E-state index in [4.69, 9.17) is 9.72 Å². The average Bonchev–Trinajstić information content (AvgIpc) is 2.67. The predicted molar refractivity (Wildman–Crippen MR) is 131 cm³/mol. The zero-order valence-corrected chi connectivity index (χ0v) is 20.9. The number of aryl methyl sites for hydroxylation is 1. The van der Waals surface area contributed by atoms with Crippen molar-refractivity contribution in [3.05, 3.63) is 59.8 Å². The van der Waals surface area contributed by atoms with Crippen LogP contribution >= 0.6 is 0 Å². The van der Waals surface area contributed by atoms with Crippen LogP contribution in [0.25, 0.3) is 32.8 Å². The van der Waals surface area contributed by atoms with E-state index < -0.39 is 13.3 Å². The summed E-state index contributed by atoms with van der Waals surface area (Å²) in [6, 6.07) is 15.4. The van der Waals surface area contributed by atoms with Crippen molar-refractivity contribution in [1.29, 1.82) is 0 Å². The van der Waals surface area contributed by atoms with Gasteiger partial charge in [0.2, 0.25) is 0 Å². The summed E-state index contributed by atoms with van der Waals surface area (Å²) in [6.45, 7) is 6.79. The van der Waals surface area contributed by atoms with Crippen molar-refractivity contribution in [3.63, 3.8) is 0 Å². The van der Waals surface area contributed by atoms with Gasteiger partial charge >= 0.3 is 182 Å². The van der Waals surface area contributed by atoms with Crippen LogP contribution in [0.3, 0.4) is 0 Å². The van der Waals surface area contributed by atoms with Crippen LogP contribution in [0.15, 0.2) is 48.7 Å². The summed E-state index contributed by atoms with van der Waals surface area (Å²) >= 11 is -2.08. The van der Waals surface area contributed by atoms with Gasteiger partial charge in [0.05, 0.1) is 0 Å². The summed E-state index contributed by atoms with van der Waals surface area (Å²) < 4.78 is 8.28. The van der Waals surface area contributed by atoms with Crippen molar-refractivity contribution in [1.82, 2.24) is 4.98 Å². The minimum atomic E-state index is -2.08. The van der Waals surface area contributed by atoms with Crippen molar-refractivity contribution in [2.45, 2.75) is 44.5 Å². The molecule has 2 heterocycles. The molecule has 3 heteroatoms. The number of benzene rings is 3. The monoisotopic (exact) mass is 457 g/mol. The van der Waals surface area contributed by atoms with E-state index in [0.717, 1.165) is 29.2 Å². The topological polar surface area (TPSA) is 22.1 Å².